The summed E-state index contributed by atoms with van der Waals surface area (Å²) in [5.41, 5.74) is 0.975. The van der Waals surface area contributed by atoms with Crippen LogP contribution in [0.5, 0.6) is 0 Å². The Morgan fingerprint density at radius 2 is 2.08 bits per heavy atom. The fourth-order valence-corrected chi connectivity index (χ4v) is 2.72. The fraction of sp³-hybridized carbons (Fsp3) is 0.176. The van der Waals surface area contributed by atoms with E-state index in [9.17, 15) is 19.3 Å². The van der Waals surface area contributed by atoms with E-state index in [0.29, 0.717) is 12.4 Å². The minimum Gasteiger partial charge on any atom is -0.345 e. The van der Waals surface area contributed by atoms with Gasteiger partial charge in [0.25, 0.3) is 11.6 Å². The van der Waals surface area contributed by atoms with E-state index >= 15 is 0 Å². The van der Waals surface area contributed by atoms with Gasteiger partial charge in [0, 0.05) is 12.6 Å². The number of hydrogen-bond donors (Lipinski definition) is 1. The number of nitro benzene ring substituents is 1. The number of rotatable bonds is 5. The van der Waals surface area contributed by atoms with Crippen LogP contribution in [0.4, 0.5) is 10.1 Å². The number of carbonyl (C=O) groups excluding carboxylic acids is 1. The van der Waals surface area contributed by atoms with Gasteiger partial charge in [-0.25, -0.2) is 9.37 Å². The first kappa shape index (κ1) is 16.6. The van der Waals surface area contributed by atoms with Crippen molar-refractivity contribution in [3.8, 4) is 0 Å². The second-order valence-corrected chi connectivity index (χ2v) is 5.36. The first-order valence-corrected chi connectivity index (χ1v) is 7.67. The van der Waals surface area contributed by atoms with Crippen LogP contribution in [0.1, 0.15) is 23.1 Å². The molecule has 0 bridgehead atoms. The number of fused-ring (bicyclic) bond motifs is 1. The van der Waals surface area contributed by atoms with Gasteiger partial charge in [-0.2, -0.15) is 0 Å². The molecule has 8 heteroatoms. The number of halogens is 1. The van der Waals surface area contributed by atoms with Crippen LogP contribution in [0.2, 0.25) is 0 Å². The number of nitrogens with zero attached hydrogens (tertiary/aromatic N) is 3. The predicted molar refractivity (Wildman–Crippen MR) is 89.6 cm³/mol. The summed E-state index contributed by atoms with van der Waals surface area (Å²) in [5.74, 6) is -0.812. The molecular weight excluding hydrogens is 327 g/mol. The Hall–Kier alpha value is -3.29. The summed E-state index contributed by atoms with van der Waals surface area (Å²) in [6, 6.07) is 10.3. The molecule has 128 valence electrons. The Morgan fingerprint density at radius 1 is 1.32 bits per heavy atom. The highest BCUT2D eigenvalue weighted by atomic mass is 19.1. The summed E-state index contributed by atoms with van der Waals surface area (Å²) in [6.07, 6.45) is 0. The number of carbonyl (C=O) groups is 1. The average molecular weight is 342 g/mol. The molecule has 0 fully saturated rings. The first-order chi connectivity index (χ1) is 12.0. The summed E-state index contributed by atoms with van der Waals surface area (Å²) in [6.45, 7) is 2.69. The van der Waals surface area contributed by atoms with E-state index < -0.39 is 22.3 Å². The summed E-state index contributed by atoms with van der Waals surface area (Å²) < 4.78 is 15.3. The zero-order valence-corrected chi connectivity index (χ0v) is 13.4. The lowest BCUT2D eigenvalue weighted by Crippen LogP contribution is -2.25. The average Bonchev–Trinajstić information content (AvgIpc) is 2.96. The molecule has 0 atom stereocenters. The van der Waals surface area contributed by atoms with Crippen molar-refractivity contribution in [2.75, 3.05) is 0 Å². The molecule has 1 heterocycles. The fourth-order valence-electron chi connectivity index (χ4n) is 2.72. The molecule has 0 unspecified atom stereocenters. The number of benzene rings is 2. The van der Waals surface area contributed by atoms with Crippen molar-refractivity contribution in [1.29, 1.82) is 0 Å². The molecule has 3 rings (SSSR count). The molecule has 1 aromatic heterocycles. The SMILES string of the molecule is CCn1c(CNC(=O)c2cc(F)ccc2[N+](=O)[O-])nc2ccccc21. The highest BCUT2D eigenvalue weighted by molar-refractivity contribution is 5.98. The number of para-hydroxylation sites is 2. The largest absolute Gasteiger partial charge is 0.345 e. The Labute approximate surface area is 142 Å². The van der Waals surface area contributed by atoms with Gasteiger partial charge >= 0.3 is 0 Å². The lowest BCUT2D eigenvalue weighted by molar-refractivity contribution is -0.385. The molecule has 2 aromatic carbocycles. The van der Waals surface area contributed by atoms with E-state index in [1.807, 2.05) is 35.8 Å². The van der Waals surface area contributed by atoms with Crippen LogP contribution in [0, 0.1) is 15.9 Å². The van der Waals surface area contributed by atoms with Crippen LogP contribution in [0.25, 0.3) is 11.0 Å². The van der Waals surface area contributed by atoms with E-state index in [4.69, 9.17) is 0 Å². The van der Waals surface area contributed by atoms with Crippen molar-refractivity contribution in [2.24, 2.45) is 0 Å². The van der Waals surface area contributed by atoms with Crippen LogP contribution >= 0.6 is 0 Å². The standard InChI is InChI=1S/C17H15FN4O3/c1-2-21-15-6-4-3-5-13(15)20-16(21)10-19-17(23)12-9-11(18)7-8-14(12)22(24)25/h3-9H,2,10H2,1H3,(H,19,23). The van der Waals surface area contributed by atoms with Gasteiger partial charge < -0.3 is 9.88 Å². The lowest BCUT2D eigenvalue weighted by Gasteiger charge is -2.08. The van der Waals surface area contributed by atoms with Crippen molar-refractivity contribution in [3.63, 3.8) is 0 Å². The Balaban J connectivity index is 1.86. The third-order valence-electron chi connectivity index (χ3n) is 3.86. The van der Waals surface area contributed by atoms with E-state index in [0.717, 1.165) is 29.2 Å². The van der Waals surface area contributed by atoms with Gasteiger partial charge in [0.1, 0.15) is 17.2 Å². The van der Waals surface area contributed by atoms with Crippen LogP contribution in [-0.4, -0.2) is 20.4 Å². The highest BCUT2D eigenvalue weighted by Crippen LogP contribution is 2.20. The molecule has 7 nitrogen and oxygen atoms in total. The van der Waals surface area contributed by atoms with Gasteiger partial charge in [0.15, 0.2) is 0 Å². The van der Waals surface area contributed by atoms with Gasteiger partial charge in [0.2, 0.25) is 0 Å². The molecule has 1 amide bonds. The number of amides is 1. The van der Waals surface area contributed by atoms with Crippen LogP contribution in [0.3, 0.4) is 0 Å². The summed E-state index contributed by atoms with van der Waals surface area (Å²) in [4.78, 5) is 27.1. The molecule has 0 aliphatic rings. The van der Waals surface area contributed by atoms with E-state index in [2.05, 4.69) is 10.3 Å². The number of nitrogens with one attached hydrogen (secondary N) is 1. The quantitative estimate of drug-likeness (QED) is 0.570. The van der Waals surface area contributed by atoms with Crippen molar-refractivity contribution >= 4 is 22.6 Å². The third kappa shape index (κ3) is 3.18. The van der Waals surface area contributed by atoms with Gasteiger partial charge in [-0.15, -0.1) is 0 Å². The summed E-state index contributed by atoms with van der Waals surface area (Å²) >= 11 is 0. The highest BCUT2D eigenvalue weighted by Gasteiger charge is 2.21. The molecule has 0 saturated heterocycles. The number of nitro groups is 1. The second-order valence-electron chi connectivity index (χ2n) is 5.36. The molecule has 0 spiro atoms. The van der Waals surface area contributed by atoms with E-state index in [1.54, 1.807) is 0 Å². The number of hydrogen-bond acceptors (Lipinski definition) is 4. The summed E-state index contributed by atoms with van der Waals surface area (Å²) in [7, 11) is 0. The maximum absolute atomic E-state index is 13.4. The summed E-state index contributed by atoms with van der Waals surface area (Å²) in [5, 5.41) is 13.6. The minimum atomic E-state index is -0.721. The van der Waals surface area contributed by atoms with E-state index in [1.165, 1.54) is 0 Å². The Morgan fingerprint density at radius 3 is 2.80 bits per heavy atom. The molecule has 3 aromatic rings. The maximum Gasteiger partial charge on any atom is 0.282 e. The molecule has 25 heavy (non-hydrogen) atoms. The number of aryl methyl sites for hydroxylation is 1. The molecule has 0 aliphatic heterocycles. The molecule has 1 N–H and O–H groups in total. The second kappa shape index (κ2) is 6.68. The molecule has 0 radical (unpaired) electrons. The zero-order valence-electron chi connectivity index (χ0n) is 13.4. The Bertz CT molecular complexity index is 968. The van der Waals surface area contributed by atoms with E-state index in [-0.39, 0.29) is 12.1 Å². The third-order valence-corrected chi connectivity index (χ3v) is 3.86. The smallest absolute Gasteiger partial charge is 0.282 e. The number of aromatic nitrogens is 2. The monoisotopic (exact) mass is 342 g/mol. The van der Waals surface area contributed by atoms with Crippen molar-refractivity contribution in [2.45, 2.75) is 20.0 Å². The van der Waals surface area contributed by atoms with Gasteiger partial charge in [-0.3, -0.25) is 14.9 Å². The van der Waals surface area contributed by atoms with Gasteiger partial charge in [0.05, 0.1) is 22.5 Å². The van der Waals surface area contributed by atoms with Crippen LogP contribution in [0.15, 0.2) is 42.5 Å². The topological polar surface area (TPSA) is 90.1 Å². The molecule has 0 saturated carbocycles. The normalized spacial score (nSPS) is 10.8. The van der Waals surface area contributed by atoms with Gasteiger partial charge in [-0.1, -0.05) is 12.1 Å². The van der Waals surface area contributed by atoms with Crippen LogP contribution in [-0.2, 0) is 13.1 Å². The number of imidazole rings is 1. The maximum atomic E-state index is 13.4. The van der Waals surface area contributed by atoms with Crippen molar-refractivity contribution in [1.82, 2.24) is 14.9 Å². The van der Waals surface area contributed by atoms with Crippen molar-refractivity contribution in [3.05, 3.63) is 69.8 Å². The zero-order chi connectivity index (χ0) is 18.0. The lowest BCUT2D eigenvalue weighted by atomic mass is 10.1. The van der Waals surface area contributed by atoms with Gasteiger partial charge in [-0.05, 0) is 31.2 Å². The molecular formula is C17H15FN4O3. The minimum absolute atomic E-state index is 0.0784. The first-order valence-electron chi connectivity index (χ1n) is 7.67. The van der Waals surface area contributed by atoms with Crippen LogP contribution < -0.4 is 5.32 Å². The molecule has 0 aliphatic carbocycles. The Kier molecular flexibility index (Phi) is 4.42. The predicted octanol–water partition coefficient (Wildman–Crippen LogP) is 3.03. The van der Waals surface area contributed by atoms with Crippen molar-refractivity contribution < 1.29 is 14.1 Å².